The van der Waals surface area contributed by atoms with Gasteiger partial charge in [0.2, 0.25) is 0 Å². The minimum Gasteiger partial charge on any atom is -0.311 e. The van der Waals surface area contributed by atoms with Crippen LogP contribution in [0.5, 0.6) is 0 Å². The average molecular weight is 342 g/mol. The van der Waals surface area contributed by atoms with Gasteiger partial charge in [0, 0.05) is 19.5 Å². The van der Waals surface area contributed by atoms with Gasteiger partial charge < -0.3 is 5.32 Å². The van der Waals surface area contributed by atoms with Crippen molar-refractivity contribution in [3.05, 3.63) is 15.9 Å². The average Bonchev–Trinajstić information content (AvgIpc) is 2.59. The van der Waals surface area contributed by atoms with Crippen LogP contribution < -0.4 is 5.32 Å². The number of rotatable bonds is 7. The van der Waals surface area contributed by atoms with Crippen molar-refractivity contribution < 1.29 is 13.2 Å². The molecule has 1 N–H and O–H groups in total. The summed E-state index contributed by atoms with van der Waals surface area (Å²) in [5.74, 6) is 0. The van der Waals surface area contributed by atoms with E-state index in [9.17, 15) is 13.2 Å². The first-order valence-corrected chi connectivity index (χ1v) is 7.13. The number of aryl methyl sites for hydroxylation is 2. The van der Waals surface area contributed by atoms with Crippen LogP contribution in [-0.4, -0.2) is 22.5 Å². The fourth-order valence-corrected chi connectivity index (χ4v) is 2.24. The molecule has 1 aromatic heterocycles. The maximum atomic E-state index is 11.9. The van der Waals surface area contributed by atoms with Crippen LogP contribution in [0, 0.1) is 6.92 Å². The second kappa shape index (κ2) is 7.28. The first-order valence-electron chi connectivity index (χ1n) is 6.34. The first-order chi connectivity index (χ1) is 8.85. The van der Waals surface area contributed by atoms with E-state index < -0.39 is 12.6 Å². The van der Waals surface area contributed by atoms with Crippen molar-refractivity contribution in [2.75, 3.05) is 6.54 Å². The van der Waals surface area contributed by atoms with Gasteiger partial charge >= 0.3 is 6.18 Å². The molecule has 0 aliphatic rings. The summed E-state index contributed by atoms with van der Waals surface area (Å²) in [5.41, 5.74) is 1.96. The molecule has 1 heterocycles. The lowest BCUT2D eigenvalue weighted by molar-refractivity contribution is -0.135. The zero-order valence-corrected chi connectivity index (χ0v) is 12.7. The molecule has 0 atom stereocenters. The van der Waals surface area contributed by atoms with Crippen molar-refractivity contribution in [2.24, 2.45) is 0 Å². The van der Waals surface area contributed by atoms with Crippen LogP contribution in [0.25, 0.3) is 0 Å². The standard InChI is InChI=1S/C12H19BrF3N3/c1-3-19-10(11(13)9(2)18-19)8-17-7-5-4-6-12(14,15)16/h17H,3-8H2,1-2H3. The zero-order chi connectivity index (χ0) is 14.5. The van der Waals surface area contributed by atoms with Gasteiger partial charge in [-0.2, -0.15) is 18.3 Å². The van der Waals surface area contributed by atoms with E-state index in [1.54, 1.807) is 0 Å². The number of alkyl halides is 3. The summed E-state index contributed by atoms with van der Waals surface area (Å²) in [4.78, 5) is 0. The Kier molecular flexibility index (Phi) is 6.32. The van der Waals surface area contributed by atoms with Crippen molar-refractivity contribution in [1.29, 1.82) is 0 Å². The molecular formula is C12H19BrF3N3. The van der Waals surface area contributed by atoms with Crippen LogP contribution >= 0.6 is 15.9 Å². The van der Waals surface area contributed by atoms with Crippen molar-refractivity contribution in [2.45, 2.75) is 52.4 Å². The molecular weight excluding hydrogens is 323 g/mol. The number of aromatic nitrogens is 2. The third kappa shape index (κ3) is 5.52. The molecule has 1 aromatic rings. The van der Waals surface area contributed by atoms with Gasteiger partial charge in [-0.05, 0) is 49.2 Å². The minimum atomic E-state index is -4.04. The van der Waals surface area contributed by atoms with Crippen molar-refractivity contribution in [3.8, 4) is 0 Å². The van der Waals surface area contributed by atoms with Crippen molar-refractivity contribution >= 4 is 15.9 Å². The Labute approximate surface area is 119 Å². The molecule has 0 bridgehead atoms. The van der Waals surface area contributed by atoms with Gasteiger partial charge in [0.15, 0.2) is 0 Å². The highest BCUT2D eigenvalue weighted by Crippen LogP contribution is 2.22. The predicted octanol–water partition coefficient (Wildman–Crippen LogP) is 3.80. The molecule has 0 aliphatic heterocycles. The van der Waals surface area contributed by atoms with Crippen LogP contribution in [0.1, 0.15) is 37.6 Å². The lowest BCUT2D eigenvalue weighted by Gasteiger charge is -2.08. The normalized spacial score (nSPS) is 12.1. The molecule has 0 unspecified atom stereocenters. The molecule has 0 spiro atoms. The van der Waals surface area contributed by atoms with E-state index in [1.807, 2.05) is 18.5 Å². The monoisotopic (exact) mass is 341 g/mol. The number of nitrogens with one attached hydrogen (secondary N) is 1. The molecule has 0 aliphatic carbocycles. The van der Waals surface area contributed by atoms with E-state index in [0.29, 0.717) is 19.5 Å². The van der Waals surface area contributed by atoms with Gasteiger partial charge in [-0.25, -0.2) is 0 Å². The fourth-order valence-electron chi connectivity index (χ4n) is 1.82. The number of nitrogens with zero attached hydrogens (tertiary/aromatic N) is 2. The van der Waals surface area contributed by atoms with Gasteiger partial charge in [-0.3, -0.25) is 4.68 Å². The fraction of sp³-hybridized carbons (Fsp3) is 0.750. The van der Waals surface area contributed by atoms with E-state index in [1.165, 1.54) is 0 Å². The third-order valence-electron chi connectivity index (χ3n) is 2.81. The van der Waals surface area contributed by atoms with Gasteiger partial charge in [0.25, 0.3) is 0 Å². The van der Waals surface area contributed by atoms with Crippen LogP contribution in [0.2, 0.25) is 0 Å². The van der Waals surface area contributed by atoms with Gasteiger partial charge in [-0.15, -0.1) is 0 Å². The largest absolute Gasteiger partial charge is 0.389 e. The smallest absolute Gasteiger partial charge is 0.311 e. The van der Waals surface area contributed by atoms with Gasteiger partial charge in [0.1, 0.15) is 0 Å². The number of hydrogen-bond donors (Lipinski definition) is 1. The highest BCUT2D eigenvalue weighted by atomic mass is 79.9. The lowest BCUT2D eigenvalue weighted by atomic mass is 10.2. The van der Waals surface area contributed by atoms with Gasteiger partial charge in [0.05, 0.1) is 15.9 Å². The van der Waals surface area contributed by atoms with Crippen molar-refractivity contribution in [3.63, 3.8) is 0 Å². The van der Waals surface area contributed by atoms with Crippen LogP contribution in [0.4, 0.5) is 13.2 Å². The number of unbranched alkanes of at least 4 members (excludes halogenated alkanes) is 1. The quantitative estimate of drug-likeness (QED) is 0.764. The van der Waals surface area contributed by atoms with E-state index >= 15 is 0 Å². The molecule has 7 heteroatoms. The summed E-state index contributed by atoms with van der Waals surface area (Å²) in [6.45, 7) is 5.89. The molecule has 19 heavy (non-hydrogen) atoms. The second-order valence-electron chi connectivity index (χ2n) is 4.41. The molecule has 110 valence electrons. The maximum Gasteiger partial charge on any atom is 0.389 e. The Bertz CT molecular complexity index is 402. The highest BCUT2D eigenvalue weighted by Gasteiger charge is 2.25. The summed E-state index contributed by atoms with van der Waals surface area (Å²) in [7, 11) is 0. The number of hydrogen-bond acceptors (Lipinski definition) is 2. The van der Waals surface area contributed by atoms with E-state index in [0.717, 1.165) is 22.4 Å². The van der Waals surface area contributed by atoms with Crippen LogP contribution in [-0.2, 0) is 13.1 Å². The zero-order valence-electron chi connectivity index (χ0n) is 11.1. The van der Waals surface area contributed by atoms with Crippen LogP contribution in [0.3, 0.4) is 0 Å². The molecule has 3 nitrogen and oxygen atoms in total. The van der Waals surface area contributed by atoms with E-state index in [4.69, 9.17) is 0 Å². The first kappa shape index (κ1) is 16.5. The minimum absolute atomic E-state index is 0.170. The summed E-state index contributed by atoms with van der Waals surface area (Å²) in [6.07, 6.45) is -4.05. The number of halogens is 4. The Morgan fingerprint density at radius 2 is 2.00 bits per heavy atom. The molecule has 0 aromatic carbocycles. The third-order valence-corrected chi connectivity index (χ3v) is 3.84. The Morgan fingerprint density at radius 3 is 2.58 bits per heavy atom. The Hall–Kier alpha value is -0.560. The molecule has 1 rings (SSSR count). The summed E-state index contributed by atoms with van der Waals surface area (Å²) < 4.78 is 38.7. The molecule has 0 fully saturated rings. The highest BCUT2D eigenvalue weighted by molar-refractivity contribution is 9.10. The SMILES string of the molecule is CCn1nc(C)c(Br)c1CNCCCCC(F)(F)F. The Balaban J connectivity index is 2.30. The molecule has 0 radical (unpaired) electrons. The summed E-state index contributed by atoms with van der Waals surface area (Å²) >= 11 is 3.48. The van der Waals surface area contributed by atoms with Crippen LogP contribution in [0.15, 0.2) is 4.47 Å². The van der Waals surface area contributed by atoms with E-state index in [-0.39, 0.29) is 6.42 Å². The topological polar surface area (TPSA) is 29.9 Å². The summed E-state index contributed by atoms with van der Waals surface area (Å²) in [5, 5.41) is 7.52. The Morgan fingerprint density at radius 1 is 1.32 bits per heavy atom. The van der Waals surface area contributed by atoms with E-state index in [2.05, 4.69) is 26.3 Å². The lowest BCUT2D eigenvalue weighted by Crippen LogP contribution is -2.18. The molecule has 0 amide bonds. The second-order valence-corrected chi connectivity index (χ2v) is 5.20. The predicted molar refractivity (Wildman–Crippen MR) is 72.0 cm³/mol. The molecule has 0 saturated carbocycles. The van der Waals surface area contributed by atoms with Gasteiger partial charge in [-0.1, -0.05) is 0 Å². The maximum absolute atomic E-state index is 11.9. The summed E-state index contributed by atoms with van der Waals surface area (Å²) in [6, 6.07) is 0. The molecule has 0 saturated heterocycles. The van der Waals surface area contributed by atoms with Crippen molar-refractivity contribution in [1.82, 2.24) is 15.1 Å².